The van der Waals surface area contributed by atoms with Crippen molar-refractivity contribution >= 4 is 33.4 Å². The number of furan rings is 1. The largest absolute Gasteiger partial charge is 0.495 e. The molecule has 0 spiro atoms. The molecule has 0 saturated heterocycles. The van der Waals surface area contributed by atoms with E-state index in [1.807, 2.05) is 0 Å². The normalized spacial score (nSPS) is 11.4. The highest BCUT2D eigenvalue weighted by Gasteiger charge is 2.17. The Morgan fingerprint density at radius 3 is 2.55 bits per heavy atom. The fraction of sp³-hybridized carbons (Fsp3) is 0.0500. The predicted octanol–water partition coefficient (Wildman–Crippen LogP) is 3.88. The molecule has 7 nitrogen and oxygen atoms in total. The quantitative estimate of drug-likeness (QED) is 0.570. The molecular weight excluding hydrogens is 399 g/mol. The Morgan fingerprint density at radius 2 is 1.90 bits per heavy atom. The van der Waals surface area contributed by atoms with Gasteiger partial charge in [0.25, 0.3) is 10.0 Å². The minimum absolute atomic E-state index is 0.114. The minimum Gasteiger partial charge on any atom is -0.495 e. The predicted molar refractivity (Wildman–Crippen MR) is 107 cm³/mol. The zero-order chi connectivity index (χ0) is 20.9. The van der Waals surface area contributed by atoms with E-state index in [-0.39, 0.29) is 16.3 Å². The summed E-state index contributed by atoms with van der Waals surface area (Å²) in [6.45, 7) is 0. The molecule has 150 valence electrons. The van der Waals surface area contributed by atoms with Crippen molar-refractivity contribution in [2.45, 2.75) is 4.90 Å². The van der Waals surface area contributed by atoms with Crippen molar-refractivity contribution in [3.63, 3.8) is 0 Å². The average molecular weight is 416 g/mol. The number of benzene rings is 2. The molecule has 0 aliphatic rings. The SMILES string of the molecule is COc1ccc(NC(=O)/C=C/c2ccco2)cc1NS(=O)(=O)c1ccc(F)cc1. The Balaban J connectivity index is 1.79. The fourth-order valence-corrected chi connectivity index (χ4v) is 3.47. The average Bonchev–Trinajstić information content (AvgIpc) is 3.20. The van der Waals surface area contributed by atoms with Crippen molar-refractivity contribution in [1.29, 1.82) is 0 Å². The topological polar surface area (TPSA) is 97.6 Å². The molecule has 0 fully saturated rings. The molecular formula is C20H17FN2O5S. The Labute approximate surface area is 166 Å². The van der Waals surface area contributed by atoms with Crippen molar-refractivity contribution in [3.8, 4) is 5.75 Å². The summed E-state index contributed by atoms with van der Waals surface area (Å²) in [5.74, 6) is -0.213. The maximum atomic E-state index is 13.1. The van der Waals surface area contributed by atoms with E-state index in [1.165, 1.54) is 37.7 Å². The van der Waals surface area contributed by atoms with Crippen molar-refractivity contribution in [2.24, 2.45) is 0 Å². The zero-order valence-electron chi connectivity index (χ0n) is 15.3. The van der Waals surface area contributed by atoms with Gasteiger partial charge in [0, 0.05) is 11.8 Å². The summed E-state index contributed by atoms with van der Waals surface area (Å²) in [4.78, 5) is 12.0. The van der Waals surface area contributed by atoms with Crippen LogP contribution >= 0.6 is 0 Å². The van der Waals surface area contributed by atoms with Crippen molar-refractivity contribution < 1.29 is 26.8 Å². The molecule has 0 aliphatic carbocycles. The van der Waals surface area contributed by atoms with Crippen LogP contribution in [0.25, 0.3) is 6.08 Å². The van der Waals surface area contributed by atoms with Gasteiger partial charge in [-0.3, -0.25) is 9.52 Å². The molecule has 1 heterocycles. The Bertz CT molecular complexity index is 1120. The second-order valence-electron chi connectivity index (χ2n) is 5.81. The van der Waals surface area contributed by atoms with Gasteiger partial charge in [0.15, 0.2) is 0 Å². The molecule has 29 heavy (non-hydrogen) atoms. The number of hydrogen-bond acceptors (Lipinski definition) is 5. The summed E-state index contributed by atoms with van der Waals surface area (Å²) < 4.78 is 50.8. The van der Waals surface area contributed by atoms with E-state index in [0.29, 0.717) is 11.4 Å². The smallest absolute Gasteiger partial charge is 0.262 e. The third-order valence-corrected chi connectivity index (χ3v) is 5.16. The van der Waals surface area contributed by atoms with Gasteiger partial charge in [0.05, 0.1) is 24.0 Å². The Hall–Kier alpha value is -3.59. The number of amides is 1. The van der Waals surface area contributed by atoms with Crippen LogP contribution in [0.15, 0.2) is 76.2 Å². The second kappa shape index (κ2) is 8.61. The molecule has 0 aliphatic heterocycles. The third-order valence-electron chi connectivity index (χ3n) is 3.78. The number of ether oxygens (including phenoxy) is 1. The highest BCUT2D eigenvalue weighted by atomic mass is 32.2. The highest BCUT2D eigenvalue weighted by Crippen LogP contribution is 2.30. The first-order valence-corrected chi connectivity index (χ1v) is 9.85. The maximum absolute atomic E-state index is 13.1. The molecule has 0 atom stereocenters. The molecule has 0 unspecified atom stereocenters. The molecule has 2 N–H and O–H groups in total. The van der Waals surface area contributed by atoms with Crippen LogP contribution in [0.2, 0.25) is 0 Å². The van der Waals surface area contributed by atoms with Gasteiger partial charge in [-0.2, -0.15) is 0 Å². The zero-order valence-corrected chi connectivity index (χ0v) is 16.1. The first-order valence-electron chi connectivity index (χ1n) is 8.36. The van der Waals surface area contributed by atoms with Gasteiger partial charge in [-0.25, -0.2) is 12.8 Å². The van der Waals surface area contributed by atoms with Crippen LogP contribution in [0.3, 0.4) is 0 Å². The summed E-state index contributed by atoms with van der Waals surface area (Å²) >= 11 is 0. The van der Waals surface area contributed by atoms with Crippen LogP contribution in [-0.4, -0.2) is 21.4 Å². The van der Waals surface area contributed by atoms with Crippen LogP contribution in [0.5, 0.6) is 5.75 Å². The molecule has 0 saturated carbocycles. The molecule has 9 heteroatoms. The first kappa shape index (κ1) is 20.2. The van der Waals surface area contributed by atoms with Crippen LogP contribution in [0.4, 0.5) is 15.8 Å². The van der Waals surface area contributed by atoms with Crippen LogP contribution in [-0.2, 0) is 14.8 Å². The number of halogens is 1. The van der Waals surface area contributed by atoms with Gasteiger partial charge in [-0.15, -0.1) is 0 Å². The van der Waals surface area contributed by atoms with Crippen molar-refractivity contribution in [2.75, 3.05) is 17.1 Å². The van der Waals surface area contributed by atoms with Gasteiger partial charge in [0.1, 0.15) is 17.3 Å². The van der Waals surface area contributed by atoms with Crippen molar-refractivity contribution in [3.05, 3.63) is 78.5 Å². The van der Waals surface area contributed by atoms with Crippen LogP contribution in [0.1, 0.15) is 5.76 Å². The number of rotatable bonds is 7. The number of methoxy groups -OCH3 is 1. The monoisotopic (exact) mass is 416 g/mol. The van der Waals surface area contributed by atoms with E-state index in [9.17, 15) is 17.6 Å². The molecule has 1 amide bonds. The van der Waals surface area contributed by atoms with E-state index < -0.39 is 21.7 Å². The molecule has 3 rings (SSSR count). The standard InChI is InChI=1S/C20H17FN2O5S/c1-27-19-10-6-15(22-20(24)11-7-16-3-2-12-28-16)13-18(19)23-29(25,26)17-8-4-14(21)5-9-17/h2-13,23H,1H3,(H,22,24)/b11-7+. The van der Waals surface area contributed by atoms with Crippen LogP contribution < -0.4 is 14.8 Å². The lowest BCUT2D eigenvalue weighted by atomic mass is 10.2. The summed E-state index contributed by atoms with van der Waals surface area (Å²) in [7, 11) is -2.60. The fourth-order valence-electron chi connectivity index (χ4n) is 2.41. The third kappa shape index (κ3) is 5.23. The Kier molecular flexibility index (Phi) is 5.99. The van der Waals surface area contributed by atoms with Gasteiger partial charge in [0.2, 0.25) is 5.91 Å². The van der Waals surface area contributed by atoms with Gasteiger partial charge in [-0.05, 0) is 60.7 Å². The lowest BCUT2D eigenvalue weighted by molar-refractivity contribution is -0.111. The van der Waals surface area contributed by atoms with E-state index >= 15 is 0 Å². The number of carbonyl (C=O) groups excluding carboxylic acids is 1. The minimum atomic E-state index is -3.98. The summed E-state index contributed by atoms with van der Waals surface area (Å²) in [6.07, 6.45) is 4.27. The maximum Gasteiger partial charge on any atom is 0.262 e. The number of carbonyl (C=O) groups is 1. The number of sulfonamides is 1. The Morgan fingerprint density at radius 1 is 1.14 bits per heavy atom. The number of nitrogens with one attached hydrogen (secondary N) is 2. The first-order chi connectivity index (χ1) is 13.9. The lowest BCUT2D eigenvalue weighted by Crippen LogP contribution is -2.14. The lowest BCUT2D eigenvalue weighted by Gasteiger charge is -2.13. The number of hydrogen-bond donors (Lipinski definition) is 2. The molecule has 0 bridgehead atoms. The van der Waals surface area contributed by atoms with E-state index in [2.05, 4.69) is 10.0 Å². The highest BCUT2D eigenvalue weighted by molar-refractivity contribution is 7.92. The van der Waals surface area contributed by atoms with Gasteiger partial charge in [-0.1, -0.05) is 0 Å². The molecule has 3 aromatic rings. The summed E-state index contributed by atoms with van der Waals surface area (Å²) in [6, 6.07) is 12.3. The van der Waals surface area contributed by atoms with Gasteiger partial charge < -0.3 is 14.5 Å². The number of anilines is 2. The van der Waals surface area contributed by atoms with E-state index in [0.717, 1.165) is 24.3 Å². The van der Waals surface area contributed by atoms with E-state index in [4.69, 9.17) is 9.15 Å². The van der Waals surface area contributed by atoms with Crippen molar-refractivity contribution in [1.82, 2.24) is 0 Å². The second-order valence-corrected chi connectivity index (χ2v) is 7.49. The summed E-state index contributed by atoms with van der Waals surface area (Å²) in [5, 5.41) is 2.62. The van der Waals surface area contributed by atoms with Gasteiger partial charge >= 0.3 is 0 Å². The molecule has 2 aromatic carbocycles. The van der Waals surface area contributed by atoms with E-state index in [1.54, 1.807) is 18.2 Å². The molecule has 0 radical (unpaired) electrons. The summed E-state index contributed by atoms with van der Waals surface area (Å²) in [5.41, 5.74) is 0.460. The molecule has 1 aromatic heterocycles. The van der Waals surface area contributed by atoms with Crippen LogP contribution in [0, 0.1) is 5.82 Å².